The zero-order valence-electron chi connectivity index (χ0n) is 9.09. The van der Waals surface area contributed by atoms with Gasteiger partial charge < -0.3 is 9.84 Å². The summed E-state index contributed by atoms with van der Waals surface area (Å²) in [6, 6.07) is 0. The molecule has 0 saturated heterocycles. The lowest BCUT2D eigenvalue weighted by Gasteiger charge is -2.23. The van der Waals surface area contributed by atoms with Crippen molar-refractivity contribution in [1.82, 2.24) is 0 Å². The van der Waals surface area contributed by atoms with E-state index in [1.807, 2.05) is 0 Å². The van der Waals surface area contributed by atoms with Crippen LogP contribution in [0.2, 0.25) is 0 Å². The average Bonchev–Trinajstić information content (AvgIpc) is 2.15. The van der Waals surface area contributed by atoms with Gasteiger partial charge >= 0.3 is 11.9 Å². The third kappa shape index (κ3) is 5.34. The van der Waals surface area contributed by atoms with Crippen molar-refractivity contribution < 1.29 is 23.8 Å². The number of hydrogen-bond acceptors (Lipinski definition) is 3. The Hall–Kier alpha value is -1.13. The molecule has 0 amide bonds. The molecule has 5 heteroatoms. The first-order valence-electron chi connectivity index (χ1n) is 4.85. The Bertz CT molecular complexity index is 229. The van der Waals surface area contributed by atoms with Crippen LogP contribution in [0.25, 0.3) is 0 Å². The van der Waals surface area contributed by atoms with Crippen molar-refractivity contribution in [2.75, 3.05) is 13.3 Å². The highest BCUT2D eigenvalue weighted by Crippen LogP contribution is 2.25. The van der Waals surface area contributed by atoms with Gasteiger partial charge in [-0.25, -0.2) is 0 Å². The highest BCUT2D eigenvalue weighted by molar-refractivity contribution is 5.75. The minimum Gasteiger partial charge on any atom is -0.481 e. The van der Waals surface area contributed by atoms with Crippen LogP contribution >= 0.6 is 0 Å². The standard InChI is InChI=1S/C10H17FO4/c1-8(12)15-7-10(2,9(13)14)5-3-4-6-11/h3-7H2,1-2H3,(H,13,14). The molecule has 0 aromatic carbocycles. The van der Waals surface area contributed by atoms with Crippen LogP contribution in [0.4, 0.5) is 4.39 Å². The molecule has 0 aliphatic carbocycles. The normalized spacial score (nSPS) is 14.3. The van der Waals surface area contributed by atoms with E-state index in [1.165, 1.54) is 13.8 Å². The summed E-state index contributed by atoms with van der Waals surface area (Å²) < 4.78 is 16.5. The monoisotopic (exact) mass is 220 g/mol. The summed E-state index contributed by atoms with van der Waals surface area (Å²) in [6.07, 6.45) is 1.11. The van der Waals surface area contributed by atoms with Crippen molar-refractivity contribution in [3.05, 3.63) is 0 Å². The third-order valence-corrected chi connectivity index (χ3v) is 2.22. The van der Waals surface area contributed by atoms with Crippen LogP contribution in [-0.2, 0) is 14.3 Å². The van der Waals surface area contributed by atoms with E-state index < -0.39 is 24.0 Å². The molecular formula is C10H17FO4. The van der Waals surface area contributed by atoms with Gasteiger partial charge in [-0.1, -0.05) is 0 Å². The van der Waals surface area contributed by atoms with E-state index in [0.717, 1.165) is 0 Å². The maximum Gasteiger partial charge on any atom is 0.312 e. The minimum atomic E-state index is -1.11. The molecule has 15 heavy (non-hydrogen) atoms. The van der Waals surface area contributed by atoms with Crippen molar-refractivity contribution >= 4 is 11.9 Å². The number of hydrogen-bond donors (Lipinski definition) is 1. The van der Waals surface area contributed by atoms with Gasteiger partial charge in [0.05, 0.1) is 12.1 Å². The fourth-order valence-electron chi connectivity index (χ4n) is 1.11. The van der Waals surface area contributed by atoms with Gasteiger partial charge in [0.2, 0.25) is 0 Å². The lowest BCUT2D eigenvalue weighted by atomic mass is 9.86. The quantitative estimate of drug-likeness (QED) is 0.524. The molecule has 0 aromatic heterocycles. The Morgan fingerprint density at radius 3 is 2.40 bits per heavy atom. The van der Waals surface area contributed by atoms with Crippen molar-refractivity contribution in [3.63, 3.8) is 0 Å². The Morgan fingerprint density at radius 2 is 2.00 bits per heavy atom. The number of unbranched alkanes of at least 4 members (excludes halogenated alkanes) is 1. The topological polar surface area (TPSA) is 63.6 Å². The second kappa shape index (κ2) is 6.37. The Balaban J connectivity index is 4.19. The summed E-state index contributed by atoms with van der Waals surface area (Å²) >= 11 is 0. The maximum absolute atomic E-state index is 11.9. The van der Waals surface area contributed by atoms with Gasteiger partial charge in [0.1, 0.15) is 6.61 Å². The van der Waals surface area contributed by atoms with E-state index in [2.05, 4.69) is 4.74 Å². The first-order valence-corrected chi connectivity index (χ1v) is 4.85. The molecule has 0 heterocycles. The number of aliphatic carboxylic acids is 1. The van der Waals surface area contributed by atoms with Crippen LogP contribution in [0.3, 0.4) is 0 Å². The van der Waals surface area contributed by atoms with Crippen LogP contribution in [0.15, 0.2) is 0 Å². The van der Waals surface area contributed by atoms with Gasteiger partial charge in [0, 0.05) is 6.92 Å². The summed E-state index contributed by atoms with van der Waals surface area (Å²) in [7, 11) is 0. The van der Waals surface area contributed by atoms with E-state index in [9.17, 15) is 14.0 Å². The highest BCUT2D eigenvalue weighted by atomic mass is 19.1. The molecule has 0 aliphatic rings. The van der Waals surface area contributed by atoms with Gasteiger partial charge in [-0.3, -0.25) is 14.0 Å². The highest BCUT2D eigenvalue weighted by Gasteiger charge is 2.33. The van der Waals surface area contributed by atoms with Gasteiger partial charge in [-0.05, 0) is 26.2 Å². The number of ether oxygens (including phenoxy) is 1. The van der Waals surface area contributed by atoms with E-state index in [1.54, 1.807) is 0 Å². The SMILES string of the molecule is CC(=O)OCC(C)(CCCCF)C(=O)O. The number of carboxylic acids is 1. The molecule has 4 nitrogen and oxygen atoms in total. The van der Waals surface area contributed by atoms with Crippen LogP contribution < -0.4 is 0 Å². The predicted octanol–water partition coefficient (Wildman–Crippen LogP) is 1.78. The second-order valence-corrected chi connectivity index (χ2v) is 3.79. The lowest BCUT2D eigenvalue weighted by molar-refractivity contribution is -0.157. The summed E-state index contributed by atoms with van der Waals surface area (Å²) in [5, 5.41) is 8.96. The van der Waals surface area contributed by atoms with Crippen molar-refractivity contribution in [3.8, 4) is 0 Å². The summed E-state index contributed by atoms with van der Waals surface area (Å²) in [4.78, 5) is 21.5. The fraction of sp³-hybridized carbons (Fsp3) is 0.800. The van der Waals surface area contributed by atoms with E-state index >= 15 is 0 Å². The number of carbonyl (C=O) groups is 2. The molecule has 0 radical (unpaired) electrons. The molecule has 0 aliphatic heterocycles. The largest absolute Gasteiger partial charge is 0.481 e. The molecule has 88 valence electrons. The summed E-state index contributed by atoms with van der Waals surface area (Å²) in [5.74, 6) is -1.53. The number of esters is 1. The number of rotatable bonds is 7. The van der Waals surface area contributed by atoms with Gasteiger partial charge in [0.15, 0.2) is 0 Å². The first kappa shape index (κ1) is 13.9. The maximum atomic E-state index is 11.9. The predicted molar refractivity (Wildman–Crippen MR) is 52.2 cm³/mol. The minimum absolute atomic E-state index is 0.163. The average molecular weight is 220 g/mol. The van der Waals surface area contributed by atoms with Crippen LogP contribution in [0.1, 0.15) is 33.1 Å². The molecular weight excluding hydrogens is 203 g/mol. The second-order valence-electron chi connectivity index (χ2n) is 3.79. The van der Waals surface area contributed by atoms with Crippen LogP contribution in [0.5, 0.6) is 0 Å². The van der Waals surface area contributed by atoms with Crippen LogP contribution in [-0.4, -0.2) is 30.3 Å². The molecule has 0 fully saturated rings. The van der Waals surface area contributed by atoms with E-state index in [-0.39, 0.29) is 6.61 Å². The Kier molecular flexibility index (Phi) is 5.89. The zero-order valence-corrected chi connectivity index (χ0v) is 9.09. The molecule has 1 unspecified atom stereocenters. The number of halogens is 1. The number of carboxylic acid groups (broad SMARTS) is 1. The summed E-state index contributed by atoms with van der Waals surface area (Å²) in [6.45, 7) is 2.10. The smallest absolute Gasteiger partial charge is 0.312 e. The molecule has 0 spiro atoms. The number of alkyl halides is 1. The van der Waals surface area contributed by atoms with Gasteiger partial charge in [-0.2, -0.15) is 0 Å². The molecule has 1 N–H and O–H groups in total. The molecule has 1 atom stereocenters. The summed E-state index contributed by atoms with van der Waals surface area (Å²) in [5.41, 5.74) is -1.11. The van der Waals surface area contributed by atoms with Crippen molar-refractivity contribution in [2.45, 2.75) is 33.1 Å². The van der Waals surface area contributed by atoms with Gasteiger partial charge in [-0.15, -0.1) is 0 Å². The van der Waals surface area contributed by atoms with E-state index in [4.69, 9.17) is 5.11 Å². The van der Waals surface area contributed by atoms with Crippen molar-refractivity contribution in [2.24, 2.45) is 5.41 Å². The van der Waals surface area contributed by atoms with Crippen molar-refractivity contribution in [1.29, 1.82) is 0 Å². The Morgan fingerprint density at radius 1 is 1.40 bits per heavy atom. The molecule has 0 aromatic rings. The molecule has 0 rings (SSSR count). The lowest BCUT2D eigenvalue weighted by Crippen LogP contribution is -2.33. The first-order chi connectivity index (χ1) is 6.92. The Labute approximate surface area is 88.4 Å². The third-order valence-electron chi connectivity index (χ3n) is 2.22. The van der Waals surface area contributed by atoms with E-state index in [0.29, 0.717) is 19.3 Å². The molecule has 0 bridgehead atoms. The number of carbonyl (C=O) groups excluding carboxylic acids is 1. The van der Waals surface area contributed by atoms with Crippen LogP contribution in [0, 0.1) is 5.41 Å². The fourth-order valence-corrected chi connectivity index (χ4v) is 1.11. The zero-order chi connectivity index (χ0) is 11.9. The van der Waals surface area contributed by atoms with Gasteiger partial charge in [0.25, 0.3) is 0 Å². The molecule has 0 saturated carbocycles.